The van der Waals surface area contributed by atoms with E-state index in [0.29, 0.717) is 11.7 Å². The van der Waals surface area contributed by atoms with Gasteiger partial charge in [-0.25, -0.2) is 4.98 Å². The van der Waals surface area contributed by atoms with Gasteiger partial charge in [0, 0.05) is 19.2 Å². The largest absolute Gasteiger partial charge is 0.369 e. The van der Waals surface area contributed by atoms with Crippen molar-refractivity contribution in [3.05, 3.63) is 36.5 Å². The molecule has 1 aromatic carbocycles. The molecule has 3 rings (SSSR count). The molecule has 0 bridgehead atoms. The van der Waals surface area contributed by atoms with Gasteiger partial charge < -0.3 is 5.73 Å². The van der Waals surface area contributed by atoms with E-state index in [-0.39, 0.29) is 12.3 Å². The first-order valence-electron chi connectivity index (χ1n) is 6.26. The highest BCUT2D eigenvalue weighted by atomic mass is 32.1. The van der Waals surface area contributed by atoms with Gasteiger partial charge in [0.15, 0.2) is 5.13 Å². The van der Waals surface area contributed by atoms with E-state index in [1.165, 1.54) is 11.3 Å². The Kier molecular flexibility index (Phi) is 3.23. The Labute approximate surface area is 120 Å². The number of amides is 2. The van der Waals surface area contributed by atoms with Crippen LogP contribution in [-0.4, -0.2) is 23.3 Å². The number of nitrogens with zero attached hydrogens (tertiary/aromatic N) is 2. The van der Waals surface area contributed by atoms with Crippen LogP contribution in [-0.2, 0) is 9.59 Å². The average Bonchev–Trinajstić information content (AvgIpc) is 3.06. The Hall–Kier alpha value is -2.21. The van der Waals surface area contributed by atoms with E-state index >= 15 is 0 Å². The number of thiazole rings is 1. The Bertz CT molecular complexity index is 653. The minimum atomic E-state index is -0.430. The maximum Gasteiger partial charge on any atom is 0.229 e. The number of carbonyl (C=O) groups excluding carboxylic acids is 2. The van der Waals surface area contributed by atoms with E-state index in [4.69, 9.17) is 5.73 Å². The van der Waals surface area contributed by atoms with Gasteiger partial charge in [-0.15, -0.1) is 0 Å². The lowest BCUT2D eigenvalue weighted by atomic mass is 10.1. The molecule has 2 amide bonds. The van der Waals surface area contributed by atoms with E-state index in [9.17, 15) is 9.59 Å². The molecule has 1 atom stereocenters. The highest BCUT2D eigenvalue weighted by molar-refractivity contribution is 7.19. The molecule has 1 aliphatic rings. The number of anilines is 1. The topological polar surface area (TPSA) is 76.3 Å². The first-order valence-corrected chi connectivity index (χ1v) is 7.07. The lowest BCUT2D eigenvalue weighted by Gasteiger charge is -2.11. The van der Waals surface area contributed by atoms with Crippen molar-refractivity contribution in [2.75, 3.05) is 11.4 Å². The molecular weight excluding hydrogens is 274 g/mol. The summed E-state index contributed by atoms with van der Waals surface area (Å²) < 4.78 is 0. The van der Waals surface area contributed by atoms with Crippen LogP contribution in [0.1, 0.15) is 6.42 Å². The SMILES string of the molecule is NC(=O)C1CC(=O)N(c2ncc(-c3ccccc3)s2)C1. The molecule has 1 fully saturated rings. The molecule has 102 valence electrons. The van der Waals surface area contributed by atoms with Gasteiger partial charge >= 0.3 is 0 Å². The van der Waals surface area contributed by atoms with Crippen LogP contribution in [0.15, 0.2) is 36.5 Å². The highest BCUT2D eigenvalue weighted by Gasteiger charge is 2.35. The Balaban J connectivity index is 1.84. The zero-order chi connectivity index (χ0) is 14.1. The molecule has 0 radical (unpaired) electrons. The fraction of sp³-hybridized carbons (Fsp3) is 0.214. The third-order valence-corrected chi connectivity index (χ3v) is 4.38. The Morgan fingerprint density at radius 1 is 1.35 bits per heavy atom. The molecule has 6 heteroatoms. The predicted octanol–water partition coefficient (Wildman–Crippen LogP) is 1.65. The smallest absolute Gasteiger partial charge is 0.229 e. The Morgan fingerprint density at radius 3 is 2.75 bits per heavy atom. The van der Waals surface area contributed by atoms with Crippen molar-refractivity contribution >= 4 is 28.3 Å². The normalized spacial score (nSPS) is 18.5. The van der Waals surface area contributed by atoms with E-state index in [0.717, 1.165) is 10.4 Å². The number of rotatable bonds is 3. The van der Waals surface area contributed by atoms with Crippen molar-refractivity contribution in [1.29, 1.82) is 0 Å². The van der Waals surface area contributed by atoms with Crippen LogP contribution >= 0.6 is 11.3 Å². The van der Waals surface area contributed by atoms with Crippen molar-refractivity contribution < 1.29 is 9.59 Å². The summed E-state index contributed by atoms with van der Waals surface area (Å²) in [6.45, 7) is 0.329. The molecule has 5 nitrogen and oxygen atoms in total. The van der Waals surface area contributed by atoms with Crippen LogP contribution in [0.5, 0.6) is 0 Å². The van der Waals surface area contributed by atoms with Gasteiger partial charge in [0.1, 0.15) is 0 Å². The molecule has 0 spiro atoms. The molecule has 0 aliphatic carbocycles. The summed E-state index contributed by atoms with van der Waals surface area (Å²) in [4.78, 5) is 29.9. The van der Waals surface area contributed by atoms with E-state index in [2.05, 4.69) is 4.98 Å². The van der Waals surface area contributed by atoms with Gasteiger partial charge in [-0.3, -0.25) is 14.5 Å². The van der Waals surface area contributed by atoms with Gasteiger partial charge in [-0.1, -0.05) is 41.7 Å². The van der Waals surface area contributed by atoms with Gasteiger partial charge in [-0.2, -0.15) is 0 Å². The highest BCUT2D eigenvalue weighted by Crippen LogP contribution is 2.33. The maximum absolute atomic E-state index is 11.9. The van der Waals surface area contributed by atoms with Gasteiger partial charge in [0.2, 0.25) is 11.8 Å². The minimum Gasteiger partial charge on any atom is -0.369 e. The summed E-state index contributed by atoms with van der Waals surface area (Å²) >= 11 is 1.44. The van der Waals surface area contributed by atoms with Gasteiger partial charge in [0.25, 0.3) is 0 Å². The molecule has 1 unspecified atom stereocenters. The van der Waals surface area contributed by atoms with Crippen molar-refractivity contribution in [2.45, 2.75) is 6.42 Å². The van der Waals surface area contributed by atoms with Crippen LogP contribution in [0.25, 0.3) is 10.4 Å². The summed E-state index contributed by atoms with van der Waals surface area (Å²) in [5.74, 6) is -0.935. The quantitative estimate of drug-likeness (QED) is 0.932. The number of hydrogen-bond donors (Lipinski definition) is 1. The van der Waals surface area contributed by atoms with Crippen LogP contribution in [0.4, 0.5) is 5.13 Å². The molecule has 2 heterocycles. The molecule has 2 N–H and O–H groups in total. The van der Waals surface area contributed by atoms with Crippen molar-refractivity contribution in [2.24, 2.45) is 11.7 Å². The monoisotopic (exact) mass is 287 g/mol. The molecule has 1 aliphatic heterocycles. The van der Waals surface area contributed by atoms with Gasteiger partial charge in [0.05, 0.1) is 10.8 Å². The summed E-state index contributed by atoms with van der Waals surface area (Å²) in [6.07, 6.45) is 1.93. The second kappa shape index (κ2) is 5.05. The third-order valence-electron chi connectivity index (χ3n) is 3.31. The van der Waals surface area contributed by atoms with E-state index < -0.39 is 11.8 Å². The van der Waals surface area contributed by atoms with Gasteiger partial charge in [-0.05, 0) is 5.56 Å². The van der Waals surface area contributed by atoms with Crippen molar-refractivity contribution in [1.82, 2.24) is 4.98 Å². The average molecular weight is 287 g/mol. The maximum atomic E-state index is 11.9. The number of benzene rings is 1. The zero-order valence-corrected chi connectivity index (χ0v) is 11.5. The number of carbonyl (C=O) groups is 2. The molecule has 0 saturated carbocycles. The lowest BCUT2D eigenvalue weighted by Crippen LogP contribution is -2.28. The second-order valence-electron chi connectivity index (χ2n) is 4.68. The zero-order valence-electron chi connectivity index (χ0n) is 10.7. The molecule has 1 aromatic heterocycles. The van der Waals surface area contributed by atoms with Crippen LogP contribution in [0.2, 0.25) is 0 Å². The fourth-order valence-electron chi connectivity index (χ4n) is 2.21. The van der Waals surface area contributed by atoms with Crippen LogP contribution < -0.4 is 10.6 Å². The molecule has 20 heavy (non-hydrogen) atoms. The standard InChI is InChI=1S/C14H13N3O2S/c15-13(19)10-6-12(18)17(8-10)14-16-7-11(20-14)9-4-2-1-3-5-9/h1-5,7,10H,6,8H2,(H2,15,19). The minimum absolute atomic E-state index is 0.0947. The summed E-state index contributed by atoms with van der Waals surface area (Å²) in [6, 6.07) is 9.86. The van der Waals surface area contributed by atoms with Crippen LogP contribution in [0.3, 0.4) is 0 Å². The number of nitrogens with two attached hydrogens (primary N) is 1. The lowest BCUT2D eigenvalue weighted by molar-refractivity contribution is -0.123. The summed E-state index contributed by atoms with van der Waals surface area (Å²) in [7, 11) is 0. The van der Waals surface area contributed by atoms with E-state index in [1.807, 2.05) is 30.3 Å². The molecular formula is C14H13N3O2S. The number of primary amides is 1. The first-order chi connectivity index (χ1) is 9.65. The van der Waals surface area contributed by atoms with Crippen molar-refractivity contribution in [3.8, 4) is 10.4 Å². The number of hydrogen-bond acceptors (Lipinski definition) is 4. The second-order valence-corrected chi connectivity index (χ2v) is 5.69. The first kappa shape index (κ1) is 12.8. The number of aromatic nitrogens is 1. The summed E-state index contributed by atoms with van der Waals surface area (Å²) in [5, 5.41) is 0.623. The molecule has 1 saturated heterocycles. The third kappa shape index (κ3) is 2.30. The van der Waals surface area contributed by atoms with Crippen LogP contribution in [0, 0.1) is 5.92 Å². The van der Waals surface area contributed by atoms with Crippen molar-refractivity contribution in [3.63, 3.8) is 0 Å². The fourth-order valence-corrected chi connectivity index (χ4v) is 3.16. The molecule has 2 aromatic rings. The predicted molar refractivity (Wildman–Crippen MR) is 77.2 cm³/mol. The van der Waals surface area contributed by atoms with E-state index in [1.54, 1.807) is 11.1 Å². The Morgan fingerprint density at radius 2 is 2.10 bits per heavy atom. The summed E-state index contributed by atoms with van der Waals surface area (Å²) in [5.41, 5.74) is 6.33.